The molecule has 5 atom stereocenters. The first-order valence-corrected chi connectivity index (χ1v) is 17.4. The van der Waals surface area contributed by atoms with Gasteiger partial charge in [0.15, 0.2) is 29.2 Å². The van der Waals surface area contributed by atoms with Gasteiger partial charge in [-0.25, -0.2) is 14.8 Å². The van der Waals surface area contributed by atoms with Crippen LogP contribution >= 0.6 is 0 Å². The smallest absolute Gasteiger partial charge is 0.360 e. The van der Waals surface area contributed by atoms with Gasteiger partial charge in [-0.3, -0.25) is 9.59 Å². The fourth-order valence-corrected chi connectivity index (χ4v) is 8.21. The number of carbonyl (C=O) groups is 3. The predicted octanol–water partition coefficient (Wildman–Crippen LogP) is 5.48. The maximum atomic E-state index is 14.3. The van der Waals surface area contributed by atoms with Crippen LogP contribution in [0.25, 0.3) is 11.6 Å². The van der Waals surface area contributed by atoms with Crippen LogP contribution in [0.1, 0.15) is 97.2 Å². The zero-order chi connectivity index (χ0) is 34.7. The number of ketones is 1. The first kappa shape index (κ1) is 32.2. The van der Waals surface area contributed by atoms with Gasteiger partial charge in [0.2, 0.25) is 17.7 Å². The number of fused-ring (bicyclic) bond motifs is 4. The zero-order valence-electron chi connectivity index (χ0n) is 28.2. The molecule has 0 radical (unpaired) electrons. The van der Waals surface area contributed by atoms with Crippen LogP contribution in [0.4, 0.5) is 5.69 Å². The minimum atomic E-state index is -1.18. The molecule has 4 aliphatic rings. The first-order chi connectivity index (χ1) is 24.2. The average molecular weight is 681 g/mol. The molecule has 3 N–H and O–H groups in total. The van der Waals surface area contributed by atoms with Crippen molar-refractivity contribution in [3.05, 3.63) is 82.8 Å². The second kappa shape index (κ2) is 12.4. The molecule has 50 heavy (non-hydrogen) atoms. The van der Waals surface area contributed by atoms with Crippen molar-refractivity contribution < 1.29 is 37.8 Å². The number of amides is 1. The fraction of sp³-hybridized carbons (Fsp3) is 0.447. The van der Waals surface area contributed by atoms with Crippen LogP contribution in [-0.4, -0.2) is 52.2 Å². The van der Waals surface area contributed by atoms with Crippen LogP contribution < -0.4 is 15.4 Å². The van der Waals surface area contributed by atoms with E-state index >= 15 is 0 Å². The predicted molar refractivity (Wildman–Crippen MR) is 179 cm³/mol. The minimum absolute atomic E-state index is 0.0123. The van der Waals surface area contributed by atoms with Crippen LogP contribution in [0.5, 0.6) is 5.75 Å². The Morgan fingerprint density at radius 3 is 2.64 bits per heavy atom. The summed E-state index contributed by atoms with van der Waals surface area (Å²) in [6.07, 6.45) is 4.35. The van der Waals surface area contributed by atoms with Crippen molar-refractivity contribution in [1.82, 2.24) is 15.3 Å². The Bertz CT molecular complexity index is 1980. The lowest BCUT2D eigenvalue weighted by atomic mass is 9.72. The fourth-order valence-electron chi connectivity index (χ4n) is 8.21. The van der Waals surface area contributed by atoms with E-state index in [2.05, 4.69) is 15.6 Å². The Labute approximate surface area is 289 Å². The highest BCUT2D eigenvalue weighted by atomic mass is 16.5. The van der Waals surface area contributed by atoms with Gasteiger partial charge < -0.3 is 34.0 Å². The molecule has 0 saturated heterocycles. The van der Waals surface area contributed by atoms with E-state index in [0.29, 0.717) is 11.5 Å². The van der Waals surface area contributed by atoms with Crippen LogP contribution in [0.15, 0.2) is 57.6 Å². The van der Waals surface area contributed by atoms with Crippen molar-refractivity contribution >= 4 is 23.3 Å². The summed E-state index contributed by atoms with van der Waals surface area (Å²) in [5, 5.41) is 17.5. The zero-order valence-corrected chi connectivity index (χ0v) is 28.2. The summed E-state index contributed by atoms with van der Waals surface area (Å²) in [6, 6.07) is 13.1. The van der Waals surface area contributed by atoms with Gasteiger partial charge in [0.25, 0.3) is 0 Å². The molecular formula is C38H40N4O8. The lowest BCUT2D eigenvalue weighted by Crippen LogP contribution is -2.41. The highest BCUT2D eigenvalue weighted by Gasteiger charge is 2.61. The summed E-state index contributed by atoms with van der Waals surface area (Å²) in [7, 11) is 1.27. The van der Waals surface area contributed by atoms with Crippen LogP contribution in [-0.2, 0) is 26.2 Å². The number of ether oxygens (including phenoxy) is 2. The van der Waals surface area contributed by atoms with E-state index in [0.717, 1.165) is 54.5 Å². The van der Waals surface area contributed by atoms with Crippen molar-refractivity contribution in [2.24, 2.45) is 17.8 Å². The molecule has 5 heterocycles. The van der Waals surface area contributed by atoms with Gasteiger partial charge in [-0.05, 0) is 54.4 Å². The normalized spacial score (nSPS) is 24.6. The number of carbonyl (C=O) groups excluding carboxylic acids is 3. The van der Waals surface area contributed by atoms with Crippen LogP contribution in [0.2, 0.25) is 0 Å². The van der Waals surface area contributed by atoms with Crippen LogP contribution in [0.3, 0.4) is 0 Å². The number of oxazole rings is 2. The number of esters is 1. The van der Waals surface area contributed by atoms with Gasteiger partial charge >= 0.3 is 5.97 Å². The third-order valence-electron chi connectivity index (χ3n) is 10.8. The van der Waals surface area contributed by atoms with Gasteiger partial charge in [0.05, 0.1) is 7.11 Å². The Balaban J connectivity index is 1.37. The number of aliphatic hydroxyl groups excluding tert-OH is 1. The molecule has 3 aliphatic heterocycles. The topological polar surface area (TPSA) is 166 Å². The third-order valence-corrected chi connectivity index (χ3v) is 10.8. The average Bonchev–Trinajstić information content (AvgIpc) is 3.91. The van der Waals surface area contributed by atoms with Gasteiger partial charge in [-0.15, -0.1) is 0 Å². The van der Waals surface area contributed by atoms with E-state index in [-0.39, 0.29) is 59.5 Å². The van der Waals surface area contributed by atoms with E-state index in [1.54, 1.807) is 13.8 Å². The molecule has 4 bridgehead atoms. The molecular weight excluding hydrogens is 640 g/mol. The third kappa shape index (κ3) is 5.10. The van der Waals surface area contributed by atoms with E-state index in [4.69, 9.17) is 23.3 Å². The summed E-state index contributed by atoms with van der Waals surface area (Å²) in [5.74, 6) is -0.994. The summed E-state index contributed by atoms with van der Waals surface area (Å²) < 4.78 is 24.4. The van der Waals surface area contributed by atoms with Gasteiger partial charge in [-0.1, -0.05) is 63.4 Å². The number of hydrogen-bond donors (Lipinski definition) is 3. The van der Waals surface area contributed by atoms with Gasteiger partial charge in [-0.2, -0.15) is 0 Å². The molecule has 12 nitrogen and oxygen atoms in total. The van der Waals surface area contributed by atoms with Crippen molar-refractivity contribution in [3.8, 4) is 17.3 Å². The van der Waals surface area contributed by atoms with E-state index in [1.165, 1.54) is 13.4 Å². The number of hydrogen-bond acceptors (Lipinski definition) is 11. The number of aromatic nitrogens is 2. The molecule has 1 amide bonds. The lowest BCUT2D eigenvalue weighted by Gasteiger charge is -2.31. The Morgan fingerprint density at radius 2 is 1.86 bits per heavy atom. The van der Waals surface area contributed by atoms with Crippen LogP contribution in [0, 0.1) is 17.8 Å². The molecule has 1 spiro atoms. The van der Waals surface area contributed by atoms with Crippen molar-refractivity contribution in [3.63, 3.8) is 0 Å². The number of methoxy groups -OCH3 is 1. The highest BCUT2D eigenvalue weighted by molar-refractivity contribution is 5.90. The summed E-state index contributed by atoms with van der Waals surface area (Å²) in [4.78, 5) is 49.7. The molecule has 1 fully saturated rings. The number of nitrogens with zero attached hydrogens (tertiary/aromatic N) is 2. The summed E-state index contributed by atoms with van der Waals surface area (Å²) in [5.41, 5.74) is 2.56. The highest BCUT2D eigenvalue weighted by Crippen LogP contribution is 2.59. The second-order valence-electron chi connectivity index (χ2n) is 14.2. The monoisotopic (exact) mass is 680 g/mol. The number of rotatable bonds is 7. The lowest BCUT2D eigenvalue weighted by molar-refractivity contribution is -0.135. The van der Waals surface area contributed by atoms with Crippen molar-refractivity contribution in [2.75, 3.05) is 12.4 Å². The molecule has 4 aromatic rings. The van der Waals surface area contributed by atoms with Gasteiger partial charge in [0.1, 0.15) is 29.6 Å². The number of aliphatic hydroxyl groups is 1. The largest absolute Gasteiger partial charge is 0.469 e. The van der Waals surface area contributed by atoms with Gasteiger partial charge in [0, 0.05) is 23.6 Å². The van der Waals surface area contributed by atoms with E-state index in [9.17, 15) is 19.5 Å². The standard InChI is InChI=1S/C38H40N4O8/c1-19(2)31(44)27(43)17-22-15-20-13-14-28-24(16-20)38(23-11-7-8-12-25(23)40-37(38)49-28)32-30(34-39-26(18-48-34)36(46)47-3)42-35(50-32)29(41-33(22)45)21-9-5-4-6-10-21/h7-8,11-14,16,18-19,21-22,29,31,37,40,44H,4-6,9-10,15,17H2,1-3H3,(H,41,45)/t22-,29+,31+,37?,38+/m1/s1. The molecule has 12 heteroatoms. The molecule has 1 saturated carbocycles. The minimum Gasteiger partial charge on any atom is -0.469 e. The van der Waals surface area contributed by atoms with Crippen molar-refractivity contribution in [1.29, 1.82) is 0 Å². The van der Waals surface area contributed by atoms with Crippen molar-refractivity contribution in [2.45, 2.75) is 82.6 Å². The summed E-state index contributed by atoms with van der Waals surface area (Å²) in [6.45, 7) is 3.57. The SMILES string of the molecule is COC(=O)c1coc(-c2nc3oc2[C@@]24c5ccccc5NC2Oc2ccc(cc24)C[C@H](CC(=O)[C@@H](O)C(C)C)C(=O)N[C@H]3C2CCCCC2)n1. The second-order valence-corrected chi connectivity index (χ2v) is 14.2. The molecule has 1 aliphatic carbocycles. The Hall–Kier alpha value is -4.97. The maximum absolute atomic E-state index is 14.3. The molecule has 260 valence electrons. The Morgan fingerprint density at radius 1 is 1.06 bits per heavy atom. The number of Topliss-reactive ketones (excluding diaryl/α,β-unsaturated/α-hetero) is 1. The Kier molecular flexibility index (Phi) is 8.01. The number of anilines is 1. The molecule has 1 unspecified atom stereocenters. The summed E-state index contributed by atoms with van der Waals surface area (Å²) >= 11 is 0. The molecule has 2 aromatic heterocycles. The van der Waals surface area contributed by atoms with E-state index < -0.39 is 35.7 Å². The quantitative estimate of drug-likeness (QED) is 0.212. The number of benzene rings is 2. The van der Waals surface area contributed by atoms with E-state index in [1.807, 2.05) is 42.5 Å². The molecule has 2 aromatic carbocycles. The number of para-hydroxylation sites is 1. The number of nitrogens with one attached hydrogen (secondary N) is 2. The maximum Gasteiger partial charge on any atom is 0.360 e. The first-order valence-electron chi connectivity index (χ1n) is 17.4. The molecule has 8 rings (SSSR count).